The summed E-state index contributed by atoms with van der Waals surface area (Å²) in [6, 6.07) is 0. The van der Waals surface area contributed by atoms with Crippen LogP contribution in [0.2, 0.25) is 0 Å². The number of pyridine rings is 1. The summed E-state index contributed by atoms with van der Waals surface area (Å²) < 4.78 is 35.0. The van der Waals surface area contributed by atoms with Crippen molar-refractivity contribution < 1.29 is 23.0 Å². The molecule has 0 saturated carbocycles. The second kappa shape index (κ2) is 6.08. The minimum atomic E-state index is -2.72. The van der Waals surface area contributed by atoms with Gasteiger partial charge in [0.05, 0.1) is 17.3 Å². The van der Waals surface area contributed by atoms with Crippen molar-refractivity contribution in [2.75, 3.05) is 13.7 Å². The summed E-state index contributed by atoms with van der Waals surface area (Å²) in [5.74, 6) is -0.579. The van der Waals surface area contributed by atoms with Crippen LogP contribution in [0.25, 0.3) is 0 Å². The van der Waals surface area contributed by atoms with Crippen LogP contribution in [-0.4, -0.2) is 24.7 Å². The lowest BCUT2D eigenvalue weighted by molar-refractivity contribution is 0.0521. The highest BCUT2D eigenvalue weighted by atomic mass is 127. The lowest BCUT2D eigenvalue weighted by Crippen LogP contribution is -2.10. The van der Waals surface area contributed by atoms with Gasteiger partial charge in [-0.3, -0.25) is 4.98 Å². The predicted molar refractivity (Wildman–Crippen MR) is 64.4 cm³/mol. The average Bonchev–Trinajstić information content (AvgIpc) is 2.28. The molecule has 4 nitrogen and oxygen atoms in total. The van der Waals surface area contributed by atoms with Crippen LogP contribution in [0.5, 0.6) is 5.75 Å². The van der Waals surface area contributed by atoms with Crippen LogP contribution in [0.15, 0.2) is 6.20 Å². The lowest BCUT2D eigenvalue weighted by Gasteiger charge is -2.11. The standard InChI is InChI=1S/C10H10F2INO3/c1-3-17-10(15)5-4-14-7(9(11)12)6(13)8(5)16-2/h4,9H,3H2,1-2H3. The van der Waals surface area contributed by atoms with Crippen LogP contribution in [-0.2, 0) is 4.74 Å². The van der Waals surface area contributed by atoms with Crippen LogP contribution in [0.3, 0.4) is 0 Å². The van der Waals surface area contributed by atoms with E-state index in [4.69, 9.17) is 9.47 Å². The van der Waals surface area contributed by atoms with Gasteiger partial charge in [-0.05, 0) is 29.5 Å². The normalized spacial score (nSPS) is 10.5. The fraction of sp³-hybridized carbons (Fsp3) is 0.400. The van der Waals surface area contributed by atoms with E-state index in [9.17, 15) is 13.6 Å². The molecule has 0 amide bonds. The van der Waals surface area contributed by atoms with E-state index in [0.29, 0.717) is 0 Å². The number of ether oxygens (including phenoxy) is 2. The molecule has 0 N–H and O–H groups in total. The molecule has 0 bridgehead atoms. The molecular formula is C10H10F2INO3. The molecule has 0 atom stereocenters. The number of hydrogen-bond acceptors (Lipinski definition) is 4. The number of carbonyl (C=O) groups excluding carboxylic acids is 1. The van der Waals surface area contributed by atoms with E-state index in [1.54, 1.807) is 29.5 Å². The predicted octanol–water partition coefficient (Wildman–Crippen LogP) is 2.81. The number of methoxy groups -OCH3 is 1. The molecule has 0 aliphatic heterocycles. The Morgan fingerprint density at radius 1 is 1.59 bits per heavy atom. The first kappa shape index (κ1) is 14.1. The molecule has 0 aliphatic carbocycles. The maximum atomic E-state index is 12.6. The smallest absolute Gasteiger partial charge is 0.343 e. The number of alkyl halides is 2. The Labute approximate surface area is 110 Å². The average molecular weight is 357 g/mol. The van der Waals surface area contributed by atoms with E-state index in [0.717, 1.165) is 6.20 Å². The molecule has 0 saturated heterocycles. The van der Waals surface area contributed by atoms with Gasteiger partial charge >= 0.3 is 5.97 Å². The Bertz CT molecular complexity index is 426. The highest BCUT2D eigenvalue weighted by Crippen LogP contribution is 2.32. The zero-order valence-electron chi connectivity index (χ0n) is 9.17. The number of carbonyl (C=O) groups is 1. The molecule has 0 spiro atoms. The fourth-order valence-electron chi connectivity index (χ4n) is 1.19. The van der Waals surface area contributed by atoms with Crippen molar-refractivity contribution in [3.05, 3.63) is 21.0 Å². The van der Waals surface area contributed by atoms with Gasteiger partial charge < -0.3 is 9.47 Å². The molecule has 1 aromatic rings. The second-order valence-electron chi connectivity index (χ2n) is 2.93. The third-order valence-electron chi connectivity index (χ3n) is 1.91. The molecule has 1 rings (SSSR count). The fourth-order valence-corrected chi connectivity index (χ4v) is 2.08. The quantitative estimate of drug-likeness (QED) is 0.614. The van der Waals surface area contributed by atoms with Gasteiger partial charge in [0.25, 0.3) is 6.43 Å². The summed E-state index contributed by atoms with van der Waals surface area (Å²) >= 11 is 1.67. The Kier molecular flexibility index (Phi) is 5.03. The van der Waals surface area contributed by atoms with Crippen molar-refractivity contribution in [3.8, 4) is 5.75 Å². The molecule has 0 fully saturated rings. The van der Waals surface area contributed by atoms with E-state index >= 15 is 0 Å². The van der Waals surface area contributed by atoms with Gasteiger partial charge in [0.2, 0.25) is 0 Å². The van der Waals surface area contributed by atoms with Crippen LogP contribution in [0, 0.1) is 3.57 Å². The van der Waals surface area contributed by atoms with Crippen LogP contribution in [0.1, 0.15) is 29.4 Å². The molecule has 17 heavy (non-hydrogen) atoms. The van der Waals surface area contributed by atoms with Gasteiger partial charge in [0.1, 0.15) is 17.0 Å². The van der Waals surface area contributed by atoms with E-state index in [1.807, 2.05) is 0 Å². The first-order valence-corrected chi connectivity index (χ1v) is 5.78. The highest BCUT2D eigenvalue weighted by molar-refractivity contribution is 14.1. The lowest BCUT2D eigenvalue weighted by atomic mass is 10.2. The third kappa shape index (κ3) is 3.02. The third-order valence-corrected chi connectivity index (χ3v) is 2.95. The van der Waals surface area contributed by atoms with Crippen LogP contribution < -0.4 is 4.74 Å². The van der Waals surface area contributed by atoms with Crippen molar-refractivity contribution in [3.63, 3.8) is 0 Å². The first-order valence-electron chi connectivity index (χ1n) is 4.70. The monoisotopic (exact) mass is 357 g/mol. The molecule has 1 aromatic heterocycles. The number of nitrogens with zero attached hydrogens (tertiary/aromatic N) is 1. The molecule has 0 aromatic carbocycles. The summed E-state index contributed by atoms with van der Waals surface area (Å²) in [5.41, 5.74) is -0.362. The zero-order chi connectivity index (χ0) is 13.0. The number of hydrogen-bond donors (Lipinski definition) is 0. The second-order valence-corrected chi connectivity index (χ2v) is 4.00. The van der Waals surface area contributed by atoms with Crippen LogP contribution in [0.4, 0.5) is 8.78 Å². The van der Waals surface area contributed by atoms with Crippen molar-refractivity contribution >= 4 is 28.6 Å². The topological polar surface area (TPSA) is 48.4 Å². The Balaban J connectivity index is 3.25. The molecule has 94 valence electrons. The van der Waals surface area contributed by atoms with Crippen LogP contribution >= 0.6 is 22.6 Å². The number of esters is 1. The molecule has 1 heterocycles. The summed E-state index contributed by atoms with van der Waals surface area (Å²) in [4.78, 5) is 15.1. The molecule has 0 unspecified atom stereocenters. The molecular weight excluding hydrogens is 347 g/mol. The number of aromatic nitrogens is 1. The van der Waals surface area contributed by atoms with Crippen molar-refractivity contribution in [2.24, 2.45) is 0 Å². The first-order chi connectivity index (χ1) is 8.02. The largest absolute Gasteiger partial charge is 0.495 e. The summed E-state index contributed by atoms with van der Waals surface area (Å²) in [6.07, 6.45) is -1.67. The van der Waals surface area contributed by atoms with Gasteiger partial charge in [-0.1, -0.05) is 0 Å². The molecule has 0 radical (unpaired) electrons. The maximum Gasteiger partial charge on any atom is 0.343 e. The van der Waals surface area contributed by atoms with Gasteiger partial charge in [-0.25, -0.2) is 13.6 Å². The Morgan fingerprint density at radius 3 is 2.71 bits per heavy atom. The van der Waals surface area contributed by atoms with Gasteiger partial charge in [-0.2, -0.15) is 0 Å². The Morgan fingerprint density at radius 2 is 2.24 bits per heavy atom. The van der Waals surface area contributed by atoms with E-state index < -0.39 is 18.1 Å². The SMILES string of the molecule is CCOC(=O)c1cnc(C(F)F)c(I)c1OC. The van der Waals surface area contributed by atoms with E-state index in [1.165, 1.54) is 7.11 Å². The van der Waals surface area contributed by atoms with Gasteiger partial charge in [-0.15, -0.1) is 0 Å². The molecule has 0 aliphatic rings. The molecule has 7 heteroatoms. The zero-order valence-corrected chi connectivity index (χ0v) is 11.3. The van der Waals surface area contributed by atoms with E-state index in [2.05, 4.69) is 4.98 Å². The van der Waals surface area contributed by atoms with E-state index in [-0.39, 0.29) is 21.5 Å². The minimum absolute atomic E-state index is 0.0446. The number of rotatable bonds is 4. The minimum Gasteiger partial charge on any atom is -0.495 e. The summed E-state index contributed by atoms with van der Waals surface area (Å²) in [6.45, 7) is 1.84. The van der Waals surface area contributed by atoms with Crippen molar-refractivity contribution in [2.45, 2.75) is 13.3 Å². The highest BCUT2D eigenvalue weighted by Gasteiger charge is 2.23. The van der Waals surface area contributed by atoms with Gasteiger partial charge in [0.15, 0.2) is 0 Å². The van der Waals surface area contributed by atoms with Gasteiger partial charge in [0, 0.05) is 6.20 Å². The summed E-state index contributed by atoms with van der Waals surface area (Å²) in [7, 11) is 1.30. The summed E-state index contributed by atoms with van der Waals surface area (Å²) in [5, 5.41) is 0. The maximum absolute atomic E-state index is 12.6. The Hall–Kier alpha value is -0.990. The van der Waals surface area contributed by atoms with Crippen molar-refractivity contribution in [1.82, 2.24) is 4.98 Å². The van der Waals surface area contributed by atoms with Crippen molar-refractivity contribution in [1.29, 1.82) is 0 Å². The number of halogens is 3.